The molecule has 0 bridgehead atoms. The molecule has 0 saturated heterocycles. The first kappa shape index (κ1) is 16.5. The van der Waals surface area contributed by atoms with Gasteiger partial charge in [-0.1, -0.05) is 31.2 Å². The minimum atomic E-state index is -0.733. The topological polar surface area (TPSA) is 78.7 Å². The fourth-order valence-electron chi connectivity index (χ4n) is 2.03. The predicted molar refractivity (Wildman–Crippen MR) is 84.7 cm³/mol. The zero-order valence-electron chi connectivity index (χ0n) is 12.7. The second kappa shape index (κ2) is 7.93. The Bertz CT molecular complexity index is 699. The molecule has 23 heavy (non-hydrogen) atoms. The van der Waals surface area contributed by atoms with Gasteiger partial charge in [0.2, 0.25) is 0 Å². The fraction of sp³-hybridized carbons (Fsp3) is 0.235. The lowest BCUT2D eigenvalue weighted by Gasteiger charge is -2.08. The first-order chi connectivity index (χ1) is 11.1. The summed E-state index contributed by atoms with van der Waals surface area (Å²) in [5, 5.41) is 10.9. The quantitative estimate of drug-likeness (QED) is 0.339. The number of para-hydroxylation sites is 1. The molecule has 6 nitrogen and oxygen atoms in total. The number of ether oxygens (including phenoxy) is 2. The minimum Gasteiger partial charge on any atom is -0.490 e. The van der Waals surface area contributed by atoms with E-state index in [2.05, 4.69) is 0 Å². The monoisotopic (exact) mass is 315 g/mol. The number of benzene rings is 2. The second-order valence-corrected chi connectivity index (χ2v) is 4.76. The molecule has 0 saturated carbocycles. The van der Waals surface area contributed by atoms with Crippen molar-refractivity contribution >= 4 is 11.7 Å². The van der Waals surface area contributed by atoms with Gasteiger partial charge in [-0.3, -0.25) is 10.1 Å². The third-order valence-corrected chi connectivity index (χ3v) is 3.21. The summed E-state index contributed by atoms with van der Waals surface area (Å²) in [6.07, 6.45) is 0.907. The van der Waals surface area contributed by atoms with E-state index in [0.717, 1.165) is 12.0 Å². The van der Waals surface area contributed by atoms with Crippen molar-refractivity contribution < 1.29 is 19.2 Å². The highest BCUT2D eigenvalue weighted by Crippen LogP contribution is 2.18. The maximum absolute atomic E-state index is 11.9. The zero-order valence-corrected chi connectivity index (χ0v) is 12.7. The summed E-state index contributed by atoms with van der Waals surface area (Å²) in [5.41, 5.74) is 0.818. The molecule has 2 aromatic rings. The van der Waals surface area contributed by atoms with Gasteiger partial charge in [-0.2, -0.15) is 0 Å². The molecule has 0 aliphatic heterocycles. The molecule has 0 radical (unpaired) electrons. The number of nitro groups is 1. The second-order valence-electron chi connectivity index (χ2n) is 4.76. The summed E-state index contributed by atoms with van der Waals surface area (Å²) in [7, 11) is 0. The highest BCUT2D eigenvalue weighted by atomic mass is 16.6. The maximum Gasteiger partial charge on any atom is 0.345 e. The summed E-state index contributed by atoms with van der Waals surface area (Å²) in [6.45, 7) is 2.24. The van der Waals surface area contributed by atoms with Gasteiger partial charge in [0.15, 0.2) is 0 Å². The van der Waals surface area contributed by atoms with Crippen LogP contribution in [0.3, 0.4) is 0 Å². The van der Waals surface area contributed by atoms with Crippen LogP contribution in [0.15, 0.2) is 48.5 Å². The van der Waals surface area contributed by atoms with Gasteiger partial charge in [0.05, 0.1) is 4.92 Å². The van der Waals surface area contributed by atoms with E-state index in [9.17, 15) is 14.9 Å². The average Bonchev–Trinajstić information content (AvgIpc) is 2.58. The van der Waals surface area contributed by atoms with Gasteiger partial charge in [-0.15, -0.1) is 0 Å². The van der Waals surface area contributed by atoms with Crippen LogP contribution in [0.1, 0.15) is 22.8 Å². The number of carbonyl (C=O) groups excluding carboxylic acids is 1. The Kier molecular flexibility index (Phi) is 5.68. The molecule has 0 unspecified atom stereocenters. The number of esters is 1. The molecule has 0 spiro atoms. The van der Waals surface area contributed by atoms with Gasteiger partial charge in [-0.25, -0.2) is 4.79 Å². The number of rotatable bonds is 7. The van der Waals surface area contributed by atoms with E-state index >= 15 is 0 Å². The Morgan fingerprint density at radius 2 is 1.91 bits per heavy atom. The third kappa shape index (κ3) is 4.54. The minimum absolute atomic E-state index is 0.0151. The van der Waals surface area contributed by atoms with Crippen LogP contribution in [-0.4, -0.2) is 24.1 Å². The lowest BCUT2D eigenvalue weighted by molar-refractivity contribution is -0.385. The van der Waals surface area contributed by atoms with Crippen LogP contribution in [0.2, 0.25) is 0 Å². The number of hydrogen-bond acceptors (Lipinski definition) is 5. The zero-order chi connectivity index (χ0) is 16.7. The number of hydrogen-bond donors (Lipinski definition) is 0. The molecule has 0 atom stereocenters. The normalized spacial score (nSPS) is 10.1. The lowest BCUT2D eigenvalue weighted by Crippen LogP contribution is -2.13. The number of nitro benzene ring substituents is 1. The summed E-state index contributed by atoms with van der Waals surface area (Å²) in [6, 6.07) is 13.3. The van der Waals surface area contributed by atoms with Gasteiger partial charge in [0, 0.05) is 6.07 Å². The molecular weight excluding hydrogens is 298 g/mol. The highest BCUT2D eigenvalue weighted by molar-refractivity contribution is 5.93. The van der Waals surface area contributed by atoms with Crippen LogP contribution in [-0.2, 0) is 11.2 Å². The number of nitrogens with zero attached hydrogens (tertiary/aromatic N) is 1. The molecule has 0 fully saturated rings. The molecule has 2 aromatic carbocycles. The Hall–Kier alpha value is -2.89. The molecule has 2 rings (SSSR count). The van der Waals surface area contributed by atoms with Crippen LogP contribution < -0.4 is 4.74 Å². The van der Waals surface area contributed by atoms with Gasteiger partial charge in [0.25, 0.3) is 5.69 Å². The summed E-state index contributed by atoms with van der Waals surface area (Å²) < 4.78 is 10.5. The van der Waals surface area contributed by atoms with Crippen LogP contribution in [0.25, 0.3) is 0 Å². The van der Waals surface area contributed by atoms with Crippen molar-refractivity contribution in [2.75, 3.05) is 13.2 Å². The van der Waals surface area contributed by atoms with Gasteiger partial charge < -0.3 is 9.47 Å². The number of aryl methyl sites for hydroxylation is 1. The van der Waals surface area contributed by atoms with Crippen molar-refractivity contribution in [3.8, 4) is 5.75 Å². The van der Waals surface area contributed by atoms with Gasteiger partial charge in [0.1, 0.15) is 24.5 Å². The van der Waals surface area contributed by atoms with E-state index in [1.165, 1.54) is 18.2 Å². The molecule has 0 heterocycles. The van der Waals surface area contributed by atoms with E-state index in [-0.39, 0.29) is 24.5 Å². The van der Waals surface area contributed by atoms with E-state index in [4.69, 9.17) is 9.47 Å². The fourth-order valence-corrected chi connectivity index (χ4v) is 2.03. The van der Waals surface area contributed by atoms with E-state index in [0.29, 0.717) is 5.75 Å². The van der Waals surface area contributed by atoms with Gasteiger partial charge >= 0.3 is 5.97 Å². The molecule has 6 heteroatoms. The number of carbonyl (C=O) groups is 1. The summed E-state index contributed by atoms with van der Waals surface area (Å²) >= 11 is 0. The Morgan fingerprint density at radius 3 is 2.65 bits per heavy atom. The standard InChI is InChI=1S/C17H17NO5/c1-2-13-6-5-7-14(12-13)22-10-11-23-17(19)15-8-3-4-9-16(15)18(20)21/h3-9,12H,2,10-11H2,1H3. The molecule has 0 amide bonds. The molecule has 0 aromatic heterocycles. The molecular formula is C17H17NO5. The van der Waals surface area contributed by atoms with Crippen molar-refractivity contribution in [3.05, 3.63) is 69.8 Å². The van der Waals surface area contributed by atoms with E-state index < -0.39 is 10.9 Å². The largest absolute Gasteiger partial charge is 0.490 e. The first-order valence-corrected chi connectivity index (χ1v) is 7.24. The maximum atomic E-state index is 11.9. The van der Waals surface area contributed by atoms with Crippen molar-refractivity contribution in [2.24, 2.45) is 0 Å². The third-order valence-electron chi connectivity index (χ3n) is 3.21. The van der Waals surface area contributed by atoms with Crippen LogP contribution >= 0.6 is 0 Å². The first-order valence-electron chi connectivity index (χ1n) is 7.24. The Balaban J connectivity index is 1.87. The predicted octanol–water partition coefficient (Wildman–Crippen LogP) is 3.39. The van der Waals surface area contributed by atoms with Crippen molar-refractivity contribution in [2.45, 2.75) is 13.3 Å². The van der Waals surface area contributed by atoms with Crippen molar-refractivity contribution in [1.82, 2.24) is 0 Å². The smallest absolute Gasteiger partial charge is 0.345 e. The molecule has 0 N–H and O–H groups in total. The highest BCUT2D eigenvalue weighted by Gasteiger charge is 2.20. The van der Waals surface area contributed by atoms with Crippen molar-refractivity contribution in [1.29, 1.82) is 0 Å². The van der Waals surface area contributed by atoms with Crippen LogP contribution in [0.5, 0.6) is 5.75 Å². The van der Waals surface area contributed by atoms with E-state index in [1.807, 2.05) is 31.2 Å². The van der Waals surface area contributed by atoms with Gasteiger partial charge in [-0.05, 0) is 30.2 Å². The average molecular weight is 315 g/mol. The van der Waals surface area contributed by atoms with Crippen LogP contribution in [0, 0.1) is 10.1 Å². The lowest BCUT2D eigenvalue weighted by atomic mass is 10.2. The Morgan fingerprint density at radius 1 is 1.13 bits per heavy atom. The van der Waals surface area contributed by atoms with Crippen LogP contribution in [0.4, 0.5) is 5.69 Å². The van der Waals surface area contributed by atoms with Crippen molar-refractivity contribution in [3.63, 3.8) is 0 Å². The summed E-state index contributed by atoms with van der Waals surface area (Å²) in [5.74, 6) is -0.0331. The van der Waals surface area contributed by atoms with E-state index in [1.54, 1.807) is 6.07 Å². The SMILES string of the molecule is CCc1cccc(OCCOC(=O)c2ccccc2[N+](=O)[O-])c1. The molecule has 0 aliphatic rings. The summed E-state index contributed by atoms with van der Waals surface area (Å²) in [4.78, 5) is 22.2. The molecule has 120 valence electrons. The molecule has 0 aliphatic carbocycles. The Labute approximate surface area is 133 Å².